The summed E-state index contributed by atoms with van der Waals surface area (Å²) in [5.74, 6) is 0.129. The molecule has 2 rings (SSSR count). The minimum atomic E-state index is -0.549. The second-order valence-electron chi connectivity index (χ2n) is 5.90. The lowest BCUT2D eigenvalue weighted by molar-refractivity contribution is -0.385. The Hall–Kier alpha value is -2.66. The molecule has 1 saturated heterocycles. The summed E-state index contributed by atoms with van der Waals surface area (Å²) in [7, 11) is 0. The molecule has 0 spiro atoms. The minimum Gasteiger partial charge on any atom is -0.368 e. The quantitative estimate of drug-likeness (QED) is 0.572. The van der Waals surface area contributed by atoms with Crippen molar-refractivity contribution in [2.75, 3.05) is 50.7 Å². The number of likely N-dealkylation sites (N-methyl/N-ethyl adjacent to an activating group) is 1. The van der Waals surface area contributed by atoms with E-state index in [-0.39, 0.29) is 17.2 Å². The Balaban J connectivity index is 1.99. The fourth-order valence-electron chi connectivity index (χ4n) is 2.92. The topological polar surface area (TPSA) is 93.7 Å². The average Bonchev–Trinajstić information content (AvgIpc) is 2.65. The van der Waals surface area contributed by atoms with Crippen LogP contribution in [0.5, 0.6) is 0 Å². The van der Waals surface area contributed by atoms with Gasteiger partial charge in [0.1, 0.15) is 11.6 Å². The molecule has 0 aliphatic carbocycles. The molecular formula is C17H23N5O3. The van der Waals surface area contributed by atoms with Gasteiger partial charge in [-0.1, -0.05) is 13.8 Å². The van der Waals surface area contributed by atoms with Crippen molar-refractivity contribution in [2.24, 2.45) is 0 Å². The Morgan fingerprint density at radius 3 is 2.44 bits per heavy atom. The standard InChI is InChI=1S/C17H23N5O3/c1-3-19(4-2)13-17(23)21-9-7-20(8-10-21)15-5-6-16(22(24)25)14(11-15)12-18/h5-6,11H,3-4,7-10,13H2,1-2H3. The van der Waals surface area contributed by atoms with E-state index in [4.69, 9.17) is 5.26 Å². The van der Waals surface area contributed by atoms with Crippen molar-refractivity contribution in [2.45, 2.75) is 13.8 Å². The number of amides is 1. The lowest BCUT2D eigenvalue weighted by Gasteiger charge is -2.37. The van der Waals surface area contributed by atoms with Crippen LogP contribution >= 0.6 is 0 Å². The SMILES string of the molecule is CCN(CC)CC(=O)N1CCN(c2ccc([N+](=O)[O-])c(C#N)c2)CC1. The first-order valence-electron chi connectivity index (χ1n) is 8.43. The molecule has 0 bridgehead atoms. The molecule has 1 fully saturated rings. The fraction of sp³-hybridized carbons (Fsp3) is 0.529. The smallest absolute Gasteiger partial charge is 0.287 e. The Labute approximate surface area is 147 Å². The zero-order valence-electron chi connectivity index (χ0n) is 14.6. The number of carbonyl (C=O) groups excluding carboxylic acids is 1. The molecule has 25 heavy (non-hydrogen) atoms. The molecule has 1 heterocycles. The molecule has 0 N–H and O–H groups in total. The summed E-state index contributed by atoms with van der Waals surface area (Å²) in [6.07, 6.45) is 0. The van der Waals surface area contributed by atoms with E-state index in [0.29, 0.717) is 32.7 Å². The van der Waals surface area contributed by atoms with Crippen molar-refractivity contribution in [3.05, 3.63) is 33.9 Å². The van der Waals surface area contributed by atoms with Gasteiger partial charge < -0.3 is 9.80 Å². The normalized spacial score (nSPS) is 14.5. The Bertz CT molecular complexity index is 673. The van der Waals surface area contributed by atoms with Crippen molar-refractivity contribution in [3.63, 3.8) is 0 Å². The third kappa shape index (κ3) is 4.45. The van der Waals surface area contributed by atoms with Gasteiger partial charge in [0.25, 0.3) is 5.69 Å². The van der Waals surface area contributed by atoms with Crippen LogP contribution in [0.2, 0.25) is 0 Å². The van der Waals surface area contributed by atoms with E-state index in [9.17, 15) is 14.9 Å². The molecular weight excluding hydrogens is 322 g/mol. The Morgan fingerprint density at radius 2 is 1.92 bits per heavy atom. The predicted octanol–water partition coefficient (Wildman–Crippen LogP) is 1.46. The van der Waals surface area contributed by atoms with Crippen LogP contribution in [0.25, 0.3) is 0 Å². The summed E-state index contributed by atoms with van der Waals surface area (Å²) in [6, 6.07) is 6.45. The largest absolute Gasteiger partial charge is 0.368 e. The number of hydrogen-bond acceptors (Lipinski definition) is 6. The number of nitrogens with zero attached hydrogens (tertiary/aromatic N) is 5. The predicted molar refractivity (Wildman–Crippen MR) is 94.4 cm³/mol. The molecule has 0 aromatic heterocycles. The maximum absolute atomic E-state index is 12.3. The number of nitriles is 1. The van der Waals surface area contributed by atoms with Crippen molar-refractivity contribution >= 4 is 17.3 Å². The third-order valence-electron chi connectivity index (χ3n) is 4.55. The van der Waals surface area contributed by atoms with Crippen LogP contribution in [0.1, 0.15) is 19.4 Å². The van der Waals surface area contributed by atoms with Gasteiger partial charge >= 0.3 is 0 Å². The van der Waals surface area contributed by atoms with Crippen molar-refractivity contribution in [1.29, 1.82) is 5.26 Å². The van der Waals surface area contributed by atoms with Gasteiger partial charge in [-0.25, -0.2) is 0 Å². The highest BCUT2D eigenvalue weighted by atomic mass is 16.6. The van der Waals surface area contributed by atoms with Gasteiger partial charge in [0.15, 0.2) is 0 Å². The second kappa shape index (κ2) is 8.44. The van der Waals surface area contributed by atoms with Crippen molar-refractivity contribution in [3.8, 4) is 6.07 Å². The highest BCUT2D eigenvalue weighted by Crippen LogP contribution is 2.25. The number of hydrogen-bond donors (Lipinski definition) is 0. The molecule has 1 amide bonds. The summed E-state index contributed by atoms with van der Waals surface area (Å²) < 4.78 is 0. The van der Waals surface area contributed by atoms with E-state index in [1.54, 1.807) is 12.1 Å². The van der Waals surface area contributed by atoms with Crippen LogP contribution in [0.15, 0.2) is 18.2 Å². The van der Waals surface area contributed by atoms with E-state index in [1.165, 1.54) is 6.07 Å². The molecule has 1 aromatic rings. The maximum atomic E-state index is 12.3. The number of piperazine rings is 1. The van der Waals surface area contributed by atoms with Crippen LogP contribution < -0.4 is 4.90 Å². The van der Waals surface area contributed by atoms with E-state index >= 15 is 0 Å². The molecule has 8 nitrogen and oxygen atoms in total. The molecule has 1 aliphatic heterocycles. The number of nitro benzene ring substituents is 1. The molecule has 8 heteroatoms. The number of benzene rings is 1. The van der Waals surface area contributed by atoms with Gasteiger partial charge in [-0.05, 0) is 25.2 Å². The zero-order chi connectivity index (χ0) is 18.4. The van der Waals surface area contributed by atoms with Crippen LogP contribution in [-0.4, -0.2) is 66.4 Å². The molecule has 0 saturated carbocycles. The van der Waals surface area contributed by atoms with E-state index in [1.807, 2.05) is 29.7 Å². The Kier molecular flexibility index (Phi) is 6.31. The lowest BCUT2D eigenvalue weighted by atomic mass is 10.1. The molecule has 1 aliphatic rings. The number of carbonyl (C=O) groups is 1. The number of rotatable bonds is 6. The van der Waals surface area contributed by atoms with Gasteiger partial charge in [-0.15, -0.1) is 0 Å². The van der Waals surface area contributed by atoms with Gasteiger partial charge in [0.2, 0.25) is 5.91 Å². The zero-order valence-corrected chi connectivity index (χ0v) is 14.6. The Morgan fingerprint density at radius 1 is 1.28 bits per heavy atom. The monoisotopic (exact) mass is 345 g/mol. The van der Waals surface area contributed by atoms with Crippen molar-refractivity contribution in [1.82, 2.24) is 9.80 Å². The van der Waals surface area contributed by atoms with Gasteiger partial charge in [-0.3, -0.25) is 19.8 Å². The van der Waals surface area contributed by atoms with Crippen LogP contribution in [-0.2, 0) is 4.79 Å². The van der Waals surface area contributed by atoms with Gasteiger partial charge in [0, 0.05) is 37.9 Å². The highest BCUT2D eigenvalue weighted by molar-refractivity contribution is 5.78. The first-order chi connectivity index (χ1) is 12.0. The minimum absolute atomic E-state index is 0.0579. The van der Waals surface area contributed by atoms with E-state index in [0.717, 1.165) is 18.8 Å². The first kappa shape index (κ1) is 18.7. The maximum Gasteiger partial charge on any atom is 0.287 e. The van der Waals surface area contributed by atoms with Crippen molar-refractivity contribution < 1.29 is 9.72 Å². The summed E-state index contributed by atoms with van der Waals surface area (Å²) in [5, 5.41) is 20.0. The molecule has 0 atom stereocenters. The second-order valence-corrected chi connectivity index (χ2v) is 5.90. The molecule has 1 aromatic carbocycles. The van der Waals surface area contributed by atoms with Gasteiger partial charge in [0.05, 0.1) is 11.5 Å². The number of anilines is 1. The van der Waals surface area contributed by atoms with Crippen LogP contribution in [0.4, 0.5) is 11.4 Å². The van der Waals surface area contributed by atoms with Crippen LogP contribution in [0, 0.1) is 21.4 Å². The molecule has 0 unspecified atom stereocenters. The molecule has 0 radical (unpaired) electrons. The highest BCUT2D eigenvalue weighted by Gasteiger charge is 2.23. The summed E-state index contributed by atoms with van der Waals surface area (Å²) >= 11 is 0. The lowest BCUT2D eigenvalue weighted by Crippen LogP contribution is -2.51. The molecule has 134 valence electrons. The van der Waals surface area contributed by atoms with E-state index in [2.05, 4.69) is 4.90 Å². The van der Waals surface area contributed by atoms with Gasteiger partial charge in [-0.2, -0.15) is 5.26 Å². The van der Waals surface area contributed by atoms with Crippen LogP contribution in [0.3, 0.4) is 0 Å². The summed E-state index contributed by atoms with van der Waals surface area (Å²) in [4.78, 5) is 28.7. The first-order valence-corrected chi connectivity index (χ1v) is 8.43. The summed E-state index contributed by atoms with van der Waals surface area (Å²) in [6.45, 7) is 8.72. The number of nitro groups is 1. The average molecular weight is 345 g/mol. The summed E-state index contributed by atoms with van der Waals surface area (Å²) in [5.41, 5.74) is 0.653. The third-order valence-corrected chi connectivity index (χ3v) is 4.55. The fourth-order valence-corrected chi connectivity index (χ4v) is 2.92. The van der Waals surface area contributed by atoms with E-state index < -0.39 is 4.92 Å².